The van der Waals surface area contributed by atoms with Crippen molar-refractivity contribution in [3.8, 4) is 11.5 Å². The Balaban J connectivity index is 1.51. The summed E-state index contributed by atoms with van der Waals surface area (Å²) in [4.78, 5) is 21.1. The van der Waals surface area contributed by atoms with Crippen molar-refractivity contribution in [3.05, 3.63) is 77.2 Å². The monoisotopic (exact) mass is 364 g/mol. The summed E-state index contributed by atoms with van der Waals surface area (Å²) < 4.78 is 5.23. The van der Waals surface area contributed by atoms with Crippen LogP contribution in [0.5, 0.6) is 0 Å². The number of carbonyl (C=O) groups excluding carboxylic acids is 1. The number of hydrogen-bond donors (Lipinski definition) is 1. The van der Waals surface area contributed by atoms with Gasteiger partial charge in [0.25, 0.3) is 11.8 Å². The number of aromatic nitrogens is 3. The largest absolute Gasteiger partial charge is 0.345 e. The highest BCUT2D eigenvalue weighted by Gasteiger charge is 2.13. The average Bonchev–Trinajstić information content (AvgIpc) is 3.15. The number of carbonyl (C=O) groups is 1. The minimum Gasteiger partial charge on any atom is -0.345 e. The Kier molecular flexibility index (Phi) is 4.33. The quantitative estimate of drug-likeness (QED) is 0.594. The topological polar surface area (TPSA) is 80.9 Å². The molecule has 0 bridgehead atoms. The zero-order valence-corrected chi connectivity index (χ0v) is 14.3. The number of pyridine rings is 1. The third-order valence-electron chi connectivity index (χ3n) is 3.84. The molecule has 2 aromatic heterocycles. The first-order valence-corrected chi connectivity index (χ1v) is 8.29. The number of amides is 1. The molecular formula is C19H13ClN4O2. The fourth-order valence-electron chi connectivity index (χ4n) is 2.59. The fourth-order valence-corrected chi connectivity index (χ4v) is 2.77. The summed E-state index contributed by atoms with van der Waals surface area (Å²) in [6, 6.07) is 16.3. The van der Waals surface area contributed by atoms with E-state index in [1.807, 2.05) is 30.3 Å². The van der Waals surface area contributed by atoms with Crippen molar-refractivity contribution in [2.45, 2.75) is 6.54 Å². The van der Waals surface area contributed by atoms with Crippen LogP contribution < -0.4 is 5.32 Å². The maximum atomic E-state index is 12.6. The van der Waals surface area contributed by atoms with Crippen molar-refractivity contribution in [3.63, 3.8) is 0 Å². The predicted molar refractivity (Wildman–Crippen MR) is 97.7 cm³/mol. The lowest BCUT2D eigenvalue weighted by Crippen LogP contribution is -2.23. The summed E-state index contributed by atoms with van der Waals surface area (Å²) in [6.07, 6.45) is 1.59. The van der Waals surface area contributed by atoms with E-state index in [1.54, 1.807) is 30.5 Å². The highest BCUT2D eigenvalue weighted by molar-refractivity contribution is 6.31. The van der Waals surface area contributed by atoms with E-state index in [-0.39, 0.29) is 12.5 Å². The molecule has 0 saturated carbocycles. The summed E-state index contributed by atoms with van der Waals surface area (Å²) in [7, 11) is 0. The van der Waals surface area contributed by atoms with Crippen molar-refractivity contribution in [2.75, 3.05) is 0 Å². The minimum absolute atomic E-state index is 0.152. The third kappa shape index (κ3) is 3.27. The van der Waals surface area contributed by atoms with Gasteiger partial charge in [0, 0.05) is 22.2 Å². The summed E-state index contributed by atoms with van der Waals surface area (Å²) in [6.45, 7) is 0.152. The van der Waals surface area contributed by atoms with E-state index in [2.05, 4.69) is 20.4 Å². The van der Waals surface area contributed by atoms with Crippen LogP contribution in [0.25, 0.3) is 22.4 Å². The Hall–Kier alpha value is -3.25. The lowest BCUT2D eigenvalue weighted by molar-refractivity contribution is 0.0951. The van der Waals surface area contributed by atoms with Crippen LogP contribution in [-0.2, 0) is 6.54 Å². The summed E-state index contributed by atoms with van der Waals surface area (Å²) in [5.74, 6) is 0.551. The number of fused-ring (bicyclic) bond motifs is 1. The highest BCUT2D eigenvalue weighted by atomic mass is 35.5. The number of benzene rings is 2. The molecule has 2 aromatic carbocycles. The van der Waals surface area contributed by atoms with Crippen LogP contribution in [-0.4, -0.2) is 21.0 Å². The van der Waals surface area contributed by atoms with Crippen LogP contribution in [0.2, 0.25) is 5.02 Å². The van der Waals surface area contributed by atoms with E-state index in [0.717, 1.165) is 5.56 Å². The molecule has 6 nitrogen and oxygen atoms in total. The normalized spacial score (nSPS) is 10.8. The van der Waals surface area contributed by atoms with Crippen molar-refractivity contribution < 1.29 is 9.32 Å². The van der Waals surface area contributed by atoms with Crippen molar-refractivity contribution in [1.29, 1.82) is 0 Å². The molecule has 0 unspecified atom stereocenters. The summed E-state index contributed by atoms with van der Waals surface area (Å²) in [5, 5.41) is 7.93. The van der Waals surface area contributed by atoms with Crippen LogP contribution >= 0.6 is 11.6 Å². The maximum absolute atomic E-state index is 12.6. The number of nitrogens with one attached hydrogen (secondary N) is 1. The van der Waals surface area contributed by atoms with Gasteiger partial charge in [0.2, 0.25) is 0 Å². The molecule has 1 N–H and O–H groups in total. The van der Waals surface area contributed by atoms with Gasteiger partial charge in [0.15, 0.2) is 5.82 Å². The van der Waals surface area contributed by atoms with Crippen molar-refractivity contribution in [2.24, 2.45) is 0 Å². The van der Waals surface area contributed by atoms with E-state index in [1.165, 1.54) is 0 Å². The molecule has 128 valence electrons. The Morgan fingerprint density at radius 1 is 1.12 bits per heavy atom. The molecule has 0 atom stereocenters. The van der Waals surface area contributed by atoms with Crippen LogP contribution in [0.15, 0.2) is 65.3 Å². The second-order valence-electron chi connectivity index (χ2n) is 5.58. The first-order valence-electron chi connectivity index (χ1n) is 7.91. The van der Waals surface area contributed by atoms with Crippen LogP contribution in [0.1, 0.15) is 16.2 Å². The molecule has 0 aliphatic carbocycles. The van der Waals surface area contributed by atoms with Gasteiger partial charge in [0.1, 0.15) is 0 Å². The molecule has 0 saturated heterocycles. The van der Waals surface area contributed by atoms with E-state index in [4.69, 9.17) is 16.1 Å². The standard InChI is InChI=1S/C19H13ClN4O2/c20-13-6-7-16-15(10-13)14(8-9-21-16)18(25)22-11-17-23-19(26-24-17)12-4-2-1-3-5-12/h1-10H,11H2,(H,22,25). The SMILES string of the molecule is O=C(NCc1noc(-c2ccccc2)n1)c1ccnc2ccc(Cl)cc12. The second kappa shape index (κ2) is 6.93. The molecule has 0 fully saturated rings. The smallest absolute Gasteiger partial charge is 0.257 e. The minimum atomic E-state index is -0.259. The molecule has 7 heteroatoms. The lowest BCUT2D eigenvalue weighted by atomic mass is 10.1. The van der Waals surface area contributed by atoms with Gasteiger partial charge < -0.3 is 9.84 Å². The number of nitrogens with zero attached hydrogens (tertiary/aromatic N) is 3. The van der Waals surface area contributed by atoms with Gasteiger partial charge in [-0.15, -0.1) is 0 Å². The zero-order valence-electron chi connectivity index (χ0n) is 13.5. The molecule has 0 spiro atoms. The van der Waals surface area contributed by atoms with Gasteiger partial charge in [-0.3, -0.25) is 9.78 Å². The summed E-state index contributed by atoms with van der Waals surface area (Å²) >= 11 is 6.04. The van der Waals surface area contributed by atoms with Gasteiger partial charge in [-0.05, 0) is 36.4 Å². The predicted octanol–water partition coefficient (Wildman–Crippen LogP) is 3.87. The Morgan fingerprint density at radius 3 is 2.81 bits per heavy atom. The Bertz CT molecular complexity index is 1080. The molecule has 26 heavy (non-hydrogen) atoms. The Labute approximate surface area is 153 Å². The van der Waals surface area contributed by atoms with Gasteiger partial charge >= 0.3 is 0 Å². The first kappa shape index (κ1) is 16.2. The number of halogens is 1. The average molecular weight is 365 g/mol. The van der Waals surface area contributed by atoms with E-state index < -0.39 is 0 Å². The maximum Gasteiger partial charge on any atom is 0.257 e. The molecular weight excluding hydrogens is 352 g/mol. The van der Waals surface area contributed by atoms with Crippen LogP contribution in [0.3, 0.4) is 0 Å². The van der Waals surface area contributed by atoms with Gasteiger partial charge in [-0.1, -0.05) is 35.0 Å². The third-order valence-corrected chi connectivity index (χ3v) is 4.08. The van der Waals surface area contributed by atoms with Crippen LogP contribution in [0.4, 0.5) is 0 Å². The highest BCUT2D eigenvalue weighted by Crippen LogP contribution is 2.21. The second-order valence-corrected chi connectivity index (χ2v) is 6.02. The van der Waals surface area contributed by atoms with Gasteiger partial charge in [-0.25, -0.2) is 0 Å². The molecule has 0 aliphatic rings. The van der Waals surface area contributed by atoms with Crippen LogP contribution in [0, 0.1) is 0 Å². The number of rotatable bonds is 4. The molecule has 0 radical (unpaired) electrons. The van der Waals surface area contributed by atoms with Crippen molar-refractivity contribution >= 4 is 28.4 Å². The molecule has 4 aromatic rings. The van der Waals surface area contributed by atoms with Gasteiger partial charge in [-0.2, -0.15) is 4.98 Å². The summed E-state index contributed by atoms with van der Waals surface area (Å²) in [5.41, 5.74) is 2.02. The molecule has 1 amide bonds. The molecule has 0 aliphatic heterocycles. The zero-order chi connectivity index (χ0) is 17.9. The van der Waals surface area contributed by atoms with Gasteiger partial charge in [0.05, 0.1) is 17.6 Å². The number of hydrogen-bond acceptors (Lipinski definition) is 5. The first-order chi connectivity index (χ1) is 12.7. The van der Waals surface area contributed by atoms with E-state index in [0.29, 0.717) is 33.2 Å². The Morgan fingerprint density at radius 2 is 1.96 bits per heavy atom. The lowest BCUT2D eigenvalue weighted by Gasteiger charge is -2.06. The molecule has 4 rings (SSSR count). The fraction of sp³-hybridized carbons (Fsp3) is 0.0526. The van der Waals surface area contributed by atoms with E-state index in [9.17, 15) is 4.79 Å². The molecule has 2 heterocycles. The van der Waals surface area contributed by atoms with E-state index >= 15 is 0 Å². The van der Waals surface area contributed by atoms with Crippen molar-refractivity contribution in [1.82, 2.24) is 20.4 Å².